The van der Waals surface area contributed by atoms with Gasteiger partial charge in [0.1, 0.15) is 0 Å². The zero-order valence-corrected chi connectivity index (χ0v) is 13.1. The fraction of sp³-hybridized carbons (Fsp3) is 0.400. The van der Waals surface area contributed by atoms with Crippen molar-refractivity contribution in [3.8, 4) is 0 Å². The number of halogens is 2. The molecule has 0 unspecified atom stereocenters. The van der Waals surface area contributed by atoms with Gasteiger partial charge in [-0.3, -0.25) is 4.79 Å². The average molecular weight is 343 g/mol. The maximum Gasteiger partial charge on any atom is 0.252 e. The molecule has 0 fully saturated rings. The minimum absolute atomic E-state index is 0.109. The van der Waals surface area contributed by atoms with Crippen LogP contribution in [0.15, 0.2) is 34.3 Å². The lowest BCUT2D eigenvalue weighted by molar-refractivity contribution is 0.0954. The van der Waals surface area contributed by atoms with Gasteiger partial charge >= 0.3 is 0 Å². The van der Waals surface area contributed by atoms with Crippen LogP contribution in [0.4, 0.5) is 0 Å². The van der Waals surface area contributed by atoms with Crippen LogP contribution >= 0.6 is 27.5 Å². The molecule has 1 aromatic carbocycles. The number of carbonyl (C=O) groups excluding carboxylic acids is 1. The van der Waals surface area contributed by atoms with Gasteiger partial charge in [-0.2, -0.15) is 0 Å². The summed E-state index contributed by atoms with van der Waals surface area (Å²) in [4.78, 5) is 12.0. The second kappa shape index (κ2) is 7.11. The lowest BCUT2D eigenvalue weighted by Crippen LogP contribution is -2.25. The van der Waals surface area contributed by atoms with Crippen molar-refractivity contribution in [2.75, 3.05) is 6.54 Å². The molecule has 1 N–H and O–H groups in total. The number of nitrogens with one attached hydrogen (secondary N) is 1. The van der Waals surface area contributed by atoms with Crippen molar-refractivity contribution < 1.29 is 4.79 Å². The van der Waals surface area contributed by atoms with Gasteiger partial charge in [-0.05, 0) is 50.3 Å². The highest BCUT2D eigenvalue weighted by atomic mass is 79.9. The summed E-state index contributed by atoms with van der Waals surface area (Å²) < 4.78 is 0.858. The van der Waals surface area contributed by atoms with Crippen LogP contribution in [0.1, 0.15) is 42.5 Å². The Bertz CT molecular complexity index is 499. The third kappa shape index (κ3) is 4.36. The molecule has 19 heavy (non-hydrogen) atoms. The quantitative estimate of drug-likeness (QED) is 0.788. The van der Waals surface area contributed by atoms with Crippen molar-refractivity contribution in [3.05, 3.63) is 44.9 Å². The maximum absolute atomic E-state index is 12.0. The number of rotatable bonds is 4. The lowest BCUT2D eigenvalue weighted by atomic mass is 9.97. The van der Waals surface area contributed by atoms with Crippen molar-refractivity contribution in [1.82, 2.24) is 5.32 Å². The summed E-state index contributed by atoms with van der Waals surface area (Å²) >= 11 is 9.37. The van der Waals surface area contributed by atoms with E-state index in [1.54, 1.807) is 12.1 Å². The van der Waals surface area contributed by atoms with E-state index in [1.165, 1.54) is 31.3 Å². The third-order valence-electron chi connectivity index (χ3n) is 3.29. The van der Waals surface area contributed by atoms with Crippen LogP contribution < -0.4 is 5.32 Å². The second-order valence-corrected chi connectivity index (χ2v) is 6.06. The van der Waals surface area contributed by atoms with Crippen molar-refractivity contribution in [2.24, 2.45) is 0 Å². The summed E-state index contributed by atoms with van der Waals surface area (Å²) in [6, 6.07) is 5.30. The zero-order valence-electron chi connectivity index (χ0n) is 10.7. The number of hydrogen-bond acceptors (Lipinski definition) is 1. The molecule has 1 amide bonds. The van der Waals surface area contributed by atoms with Crippen LogP contribution in [0.5, 0.6) is 0 Å². The summed E-state index contributed by atoms with van der Waals surface area (Å²) in [5.74, 6) is -0.109. The summed E-state index contributed by atoms with van der Waals surface area (Å²) in [6.45, 7) is 0.674. The Morgan fingerprint density at radius 1 is 1.37 bits per heavy atom. The normalized spacial score (nSPS) is 14.9. The summed E-state index contributed by atoms with van der Waals surface area (Å²) in [6.07, 6.45) is 8.17. The first-order valence-electron chi connectivity index (χ1n) is 6.58. The largest absolute Gasteiger partial charge is 0.352 e. The first kappa shape index (κ1) is 14.6. The predicted octanol–water partition coefficient (Wildman–Crippen LogP) is 4.72. The van der Waals surface area contributed by atoms with Gasteiger partial charge in [0.2, 0.25) is 0 Å². The van der Waals surface area contributed by atoms with Crippen LogP contribution in [0, 0.1) is 0 Å². The Kier molecular flexibility index (Phi) is 5.46. The topological polar surface area (TPSA) is 29.1 Å². The van der Waals surface area contributed by atoms with Crippen molar-refractivity contribution in [3.63, 3.8) is 0 Å². The Balaban J connectivity index is 1.87. The van der Waals surface area contributed by atoms with Gasteiger partial charge in [0.15, 0.2) is 0 Å². The van der Waals surface area contributed by atoms with Gasteiger partial charge in [-0.15, -0.1) is 0 Å². The minimum Gasteiger partial charge on any atom is -0.352 e. The standard InChI is InChI=1S/C15H17BrClNO/c16-12-6-7-14(17)13(10-12)15(19)18-9-8-11-4-2-1-3-5-11/h4,6-7,10H,1-3,5,8-9H2,(H,18,19). The Morgan fingerprint density at radius 3 is 2.95 bits per heavy atom. The van der Waals surface area contributed by atoms with E-state index >= 15 is 0 Å². The van der Waals surface area contributed by atoms with E-state index in [4.69, 9.17) is 11.6 Å². The van der Waals surface area contributed by atoms with Crippen molar-refractivity contribution in [1.29, 1.82) is 0 Å². The van der Waals surface area contributed by atoms with Gasteiger partial charge in [0.25, 0.3) is 5.91 Å². The van der Waals surface area contributed by atoms with Crippen molar-refractivity contribution >= 4 is 33.4 Å². The van der Waals surface area contributed by atoms with Crippen molar-refractivity contribution in [2.45, 2.75) is 32.1 Å². The zero-order chi connectivity index (χ0) is 13.7. The molecule has 1 aromatic rings. The average Bonchev–Trinajstić information content (AvgIpc) is 2.42. The van der Waals surface area contributed by atoms with Crippen LogP contribution in [-0.2, 0) is 0 Å². The predicted molar refractivity (Wildman–Crippen MR) is 82.7 cm³/mol. The molecule has 1 aliphatic rings. The van der Waals surface area contributed by atoms with E-state index in [1.807, 2.05) is 6.07 Å². The number of carbonyl (C=O) groups is 1. The maximum atomic E-state index is 12.0. The first-order valence-corrected chi connectivity index (χ1v) is 7.75. The number of hydrogen-bond donors (Lipinski definition) is 1. The minimum atomic E-state index is -0.109. The number of benzene rings is 1. The van der Waals surface area contributed by atoms with Gasteiger partial charge in [0, 0.05) is 11.0 Å². The third-order valence-corrected chi connectivity index (χ3v) is 4.11. The molecular weight excluding hydrogens is 326 g/mol. The summed E-state index contributed by atoms with van der Waals surface area (Å²) in [7, 11) is 0. The second-order valence-electron chi connectivity index (χ2n) is 4.74. The molecule has 102 valence electrons. The molecule has 0 aromatic heterocycles. The molecule has 0 aliphatic heterocycles. The molecule has 0 saturated carbocycles. The molecule has 0 radical (unpaired) electrons. The fourth-order valence-electron chi connectivity index (χ4n) is 2.24. The highest BCUT2D eigenvalue weighted by Gasteiger charge is 2.11. The molecule has 0 spiro atoms. The SMILES string of the molecule is O=C(NCCC1=CCCCC1)c1cc(Br)ccc1Cl. The van der Waals surface area contributed by atoms with Gasteiger partial charge in [-0.25, -0.2) is 0 Å². The van der Waals surface area contributed by atoms with E-state index in [0.29, 0.717) is 17.1 Å². The van der Waals surface area contributed by atoms with E-state index in [-0.39, 0.29) is 5.91 Å². The molecular formula is C15H17BrClNO. The molecule has 1 aliphatic carbocycles. The summed E-state index contributed by atoms with van der Waals surface area (Å²) in [5, 5.41) is 3.41. The van der Waals surface area contributed by atoms with E-state index in [2.05, 4.69) is 27.3 Å². The Hall–Kier alpha value is -0.800. The van der Waals surface area contributed by atoms with Crippen LogP contribution in [0.25, 0.3) is 0 Å². The number of allylic oxidation sites excluding steroid dienone is 1. The molecule has 0 heterocycles. The lowest BCUT2D eigenvalue weighted by Gasteiger charge is -2.13. The number of amides is 1. The highest BCUT2D eigenvalue weighted by molar-refractivity contribution is 9.10. The molecule has 2 rings (SSSR count). The van der Waals surface area contributed by atoms with Gasteiger partial charge in [-0.1, -0.05) is 39.2 Å². The fourth-order valence-corrected chi connectivity index (χ4v) is 2.80. The van der Waals surface area contributed by atoms with E-state index in [0.717, 1.165) is 10.9 Å². The van der Waals surface area contributed by atoms with Crippen LogP contribution in [0.3, 0.4) is 0 Å². The molecule has 4 heteroatoms. The Labute approximate surface area is 127 Å². The molecule has 2 nitrogen and oxygen atoms in total. The van der Waals surface area contributed by atoms with E-state index in [9.17, 15) is 4.79 Å². The first-order chi connectivity index (χ1) is 9.16. The van der Waals surface area contributed by atoms with E-state index < -0.39 is 0 Å². The van der Waals surface area contributed by atoms with Crippen LogP contribution in [0.2, 0.25) is 5.02 Å². The highest BCUT2D eigenvalue weighted by Crippen LogP contribution is 2.21. The smallest absolute Gasteiger partial charge is 0.252 e. The van der Waals surface area contributed by atoms with Crippen LogP contribution in [-0.4, -0.2) is 12.5 Å². The Morgan fingerprint density at radius 2 is 2.21 bits per heavy atom. The van der Waals surface area contributed by atoms with Gasteiger partial charge < -0.3 is 5.32 Å². The van der Waals surface area contributed by atoms with Gasteiger partial charge in [0.05, 0.1) is 10.6 Å². The molecule has 0 saturated heterocycles. The molecule has 0 bridgehead atoms. The molecule has 0 atom stereocenters. The monoisotopic (exact) mass is 341 g/mol. The summed E-state index contributed by atoms with van der Waals surface area (Å²) in [5.41, 5.74) is 1.99.